The molecular formula is C15H15FN6O. The van der Waals surface area contributed by atoms with Crippen LogP contribution in [0.15, 0.2) is 41.5 Å². The van der Waals surface area contributed by atoms with E-state index in [-0.39, 0.29) is 11.4 Å². The Bertz CT molecular complexity index is 877. The van der Waals surface area contributed by atoms with Crippen LogP contribution < -0.4 is 21.9 Å². The molecule has 0 amide bonds. The molecule has 2 aromatic heterocycles. The van der Waals surface area contributed by atoms with Crippen molar-refractivity contribution in [2.45, 2.75) is 0 Å². The minimum Gasteiger partial charge on any atom is -0.369 e. The van der Waals surface area contributed by atoms with Crippen LogP contribution in [0.5, 0.6) is 0 Å². The van der Waals surface area contributed by atoms with Crippen molar-refractivity contribution < 1.29 is 4.39 Å². The number of hydrogen-bond acceptors (Lipinski definition) is 6. The van der Waals surface area contributed by atoms with Crippen molar-refractivity contribution in [3.8, 4) is 0 Å². The number of aromatic nitrogens is 3. The fourth-order valence-corrected chi connectivity index (χ4v) is 2.14. The van der Waals surface area contributed by atoms with Gasteiger partial charge in [-0.2, -0.15) is 0 Å². The fraction of sp³-hybridized carbons (Fsp3) is 0.133. The summed E-state index contributed by atoms with van der Waals surface area (Å²) in [5.41, 5.74) is 6.27. The summed E-state index contributed by atoms with van der Waals surface area (Å²) < 4.78 is 13.0. The van der Waals surface area contributed by atoms with Gasteiger partial charge in [0.1, 0.15) is 22.8 Å². The van der Waals surface area contributed by atoms with Crippen LogP contribution in [0.2, 0.25) is 0 Å². The van der Waals surface area contributed by atoms with E-state index < -0.39 is 0 Å². The van der Waals surface area contributed by atoms with Crippen LogP contribution in [-0.2, 0) is 0 Å². The second-order valence-corrected chi connectivity index (χ2v) is 4.83. The summed E-state index contributed by atoms with van der Waals surface area (Å²) in [7, 11) is 0. The molecule has 0 spiro atoms. The Kier molecular flexibility index (Phi) is 4.15. The minimum atomic E-state index is -0.341. The summed E-state index contributed by atoms with van der Waals surface area (Å²) in [6.07, 6.45) is 1.33. The molecule has 5 N–H and O–H groups in total. The Balaban J connectivity index is 2.08. The number of anilines is 3. The molecule has 0 saturated carbocycles. The standard InChI is InChI=1S/C15H15FN6O/c16-9-1-3-10(4-2-9)21-14-13-11(19-8-20-15(13)23)7-12(22-14)18-6-5-17/h1-4,7-8H,5-6,17H2,(H2,18,21,22)(H,19,20,23). The van der Waals surface area contributed by atoms with E-state index in [4.69, 9.17) is 5.73 Å². The van der Waals surface area contributed by atoms with Crippen molar-refractivity contribution in [3.05, 3.63) is 52.8 Å². The summed E-state index contributed by atoms with van der Waals surface area (Å²) in [6, 6.07) is 7.45. The van der Waals surface area contributed by atoms with Gasteiger partial charge in [0.25, 0.3) is 5.56 Å². The Morgan fingerprint density at radius 2 is 2.04 bits per heavy atom. The average molecular weight is 314 g/mol. The number of nitrogens with one attached hydrogen (secondary N) is 3. The zero-order valence-electron chi connectivity index (χ0n) is 12.1. The molecule has 7 nitrogen and oxygen atoms in total. The van der Waals surface area contributed by atoms with Crippen LogP contribution in [-0.4, -0.2) is 28.0 Å². The first kappa shape index (κ1) is 14.9. The number of hydrogen-bond donors (Lipinski definition) is 4. The van der Waals surface area contributed by atoms with Gasteiger partial charge < -0.3 is 21.4 Å². The Morgan fingerprint density at radius 3 is 2.78 bits per heavy atom. The molecule has 0 atom stereocenters. The number of pyridine rings is 1. The minimum absolute atomic E-state index is 0.308. The molecule has 0 saturated heterocycles. The van der Waals surface area contributed by atoms with E-state index in [2.05, 4.69) is 25.6 Å². The van der Waals surface area contributed by atoms with Crippen molar-refractivity contribution >= 4 is 28.2 Å². The lowest BCUT2D eigenvalue weighted by atomic mass is 10.2. The van der Waals surface area contributed by atoms with Gasteiger partial charge in [-0.15, -0.1) is 0 Å². The zero-order valence-corrected chi connectivity index (χ0v) is 12.1. The number of halogens is 1. The highest BCUT2D eigenvalue weighted by Crippen LogP contribution is 2.23. The molecule has 0 unspecified atom stereocenters. The topological polar surface area (TPSA) is 109 Å². The van der Waals surface area contributed by atoms with Crippen molar-refractivity contribution in [2.75, 3.05) is 23.7 Å². The van der Waals surface area contributed by atoms with Gasteiger partial charge in [-0.05, 0) is 24.3 Å². The average Bonchev–Trinajstić information content (AvgIpc) is 2.55. The lowest BCUT2D eigenvalue weighted by Gasteiger charge is -2.11. The molecule has 2 heterocycles. The molecule has 0 aliphatic heterocycles. The first-order chi connectivity index (χ1) is 11.2. The number of nitrogens with zero attached hydrogens (tertiary/aromatic N) is 2. The smallest absolute Gasteiger partial charge is 0.262 e. The molecule has 1 aromatic carbocycles. The van der Waals surface area contributed by atoms with Crippen LogP contribution in [0, 0.1) is 5.82 Å². The van der Waals surface area contributed by atoms with E-state index in [1.54, 1.807) is 18.2 Å². The maximum Gasteiger partial charge on any atom is 0.262 e. The molecule has 118 valence electrons. The van der Waals surface area contributed by atoms with Crippen LogP contribution in [0.4, 0.5) is 21.7 Å². The summed E-state index contributed by atoms with van der Waals surface area (Å²) in [5, 5.41) is 6.40. The maximum absolute atomic E-state index is 13.0. The Labute approximate surface area is 130 Å². The predicted octanol–water partition coefficient (Wildman–Crippen LogP) is 1.57. The van der Waals surface area contributed by atoms with Gasteiger partial charge in [-0.3, -0.25) is 4.79 Å². The van der Waals surface area contributed by atoms with Gasteiger partial charge in [0.2, 0.25) is 0 Å². The molecule has 0 radical (unpaired) electrons. The fourth-order valence-electron chi connectivity index (χ4n) is 2.14. The lowest BCUT2D eigenvalue weighted by Crippen LogP contribution is -2.15. The third-order valence-corrected chi connectivity index (χ3v) is 3.18. The van der Waals surface area contributed by atoms with Crippen LogP contribution in [0.3, 0.4) is 0 Å². The Hall–Kier alpha value is -3.00. The number of benzene rings is 1. The molecule has 3 rings (SSSR count). The van der Waals surface area contributed by atoms with Crippen LogP contribution in [0.25, 0.3) is 10.9 Å². The SMILES string of the molecule is NCCNc1cc2nc[nH]c(=O)c2c(Nc2ccc(F)cc2)n1. The molecule has 3 aromatic rings. The number of fused-ring (bicyclic) bond motifs is 1. The van der Waals surface area contributed by atoms with E-state index in [1.807, 2.05) is 0 Å². The van der Waals surface area contributed by atoms with E-state index in [1.165, 1.54) is 18.5 Å². The predicted molar refractivity (Wildman–Crippen MR) is 87.4 cm³/mol. The third-order valence-electron chi connectivity index (χ3n) is 3.18. The lowest BCUT2D eigenvalue weighted by molar-refractivity contribution is 0.628. The first-order valence-electron chi connectivity index (χ1n) is 7.02. The van der Waals surface area contributed by atoms with E-state index in [0.717, 1.165) is 0 Å². The number of aromatic amines is 1. The van der Waals surface area contributed by atoms with Gasteiger partial charge in [0.05, 0.1) is 11.8 Å². The number of nitrogens with two attached hydrogens (primary N) is 1. The molecule has 0 aliphatic carbocycles. The molecule has 0 aliphatic rings. The summed E-state index contributed by atoms with van der Waals surface area (Å²) >= 11 is 0. The van der Waals surface area contributed by atoms with Crippen LogP contribution in [0.1, 0.15) is 0 Å². The molecular weight excluding hydrogens is 299 g/mol. The second kappa shape index (κ2) is 6.41. The molecule has 0 bridgehead atoms. The monoisotopic (exact) mass is 314 g/mol. The van der Waals surface area contributed by atoms with Crippen molar-refractivity contribution in [2.24, 2.45) is 5.73 Å². The summed E-state index contributed by atoms with van der Waals surface area (Å²) in [6.45, 7) is 0.987. The van der Waals surface area contributed by atoms with Crippen molar-refractivity contribution in [1.82, 2.24) is 15.0 Å². The number of rotatable bonds is 5. The van der Waals surface area contributed by atoms with Crippen LogP contribution >= 0.6 is 0 Å². The second-order valence-electron chi connectivity index (χ2n) is 4.83. The van der Waals surface area contributed by atoms with Crippen molar-refractivity contribution in [1.29, 1.82) is 0 Å². The van der Waals surface area contributed by atoms with E-state index in [0.29, 0.717) is 41.3 Å². The summed E-state index contributed by atoms with van der Waals surface area (Å²) in [4.78, 5) is 23.2. The maximum atomic E-state index is 13.0. The highest BCUT2D eigenvalue weighted by atomic mass is 19.1. The molecule has 0 fully saturated rings. The van der Waals surface area contributed by atoms with Gasteiger partial charge in [-0.1, -0.05) is 0 Å². The largest absolute Gasteiger partial charge is 0.369 e. The number of H-pyrrole nitrogens is 1. The third kappa shape index (κ3) is 3.27. The van der Waals surface area contributed by atoms with E-state index in [9.17, 15) is 9.18 Å². The van der Waals surface area contributed by atoms with Crippen molar-refractivity contribution in [3.63, 3.8) is 0 Å². The first-order valence-corrected chi connectivity index (χ1v) is 7.02. The van der Waals surface area contributed by atoms with Gasteiger partial charge in [0.15, 0.2) is 0 Å². The zero-order chi connectivity index (χ0) is 16.2. The quantitative estimate of drug-likeness (QED) is 0.569. The Morgan fingerprint density at radius 1 is 1.26 bits per heavy atom. The van der Waals surface area contributed by atoms with Gasteiger partial charge in [0, 0.05) is 24.8 Å². The van der Waals surface area contributed by atoms with E-state index >= 15 is 0 Å². The van der Waals surface area contributed by atoms with Gasteiger partial charge >= 0.3 is 0 Å². The normalized spacial score (nSPS) is 10.7. The summed E-state index contributed by atoms with van der Waals surface area (Å²) in [5.74, 6) is 0.542. The molecule has 8 heteroatoms. The van der Waals surface area contributed by atoms with Gasteiger partial charge in [-0.25, -0.2) is 14.4 Å². The highest BCUT2D eigenvalue weighted by Gasteiger charge is 2.11. The molecule has 23 heavy (non-hydrogen) atoms. The highest BCUT2D eigenvalue weighted by molar-refractivity contribution is 5.91.